The van der Waals surface area contributed by atoms with Crippen LogP contribution >= 0.6 is 0 Å². The van der Waals surface area contributed by atoms with Crippen molar-refractivity contribution >= 4 is 11.8 Å². The molecule has 0 aromatic heterocycles. The molecule has 0 aromatic carbocycles. The number of ether oxygens (including phenoxy) is 2. The van der Waals surface area contributed by atoms with Crippen molar-refractivity contribution in [3.05, 3.63) is 0 Å². The number of hydrogen-bond donors (Lipinski definition) is 1. The van der Waals surface area contributed by atoms with Crippen molar-refractivity contribution < 1.29 is 19.1 Å². The quantitative estimate of drug-likeness (QED) is 0.710. The molecule has 0 spiro atoms. The smallest absolute Gasteiger partial charge is 0.244 e. The van der Waals surface area contributed by atoms with E-state index < -0.39 is 0 Å². The molecule has 3 rings (SSSR count). The molecule has 2 atom stereocenters. The third-order valence-electron chi connectivity index (χ3n) is 5.22. The van der Waals surface area contributed by atoms with E-state index in [4.69, 9.17) is 9.47 Å². The molecule has 0 radical (unpaired) electrons. The third kappa shape index (κ3) is 3.79. The minimum absolute atomic E-state index is 0.0162. The van der Waals surface area contributed by atoms with Crippen molar-refractivity contribution in [2.75, 3.05) is 52.6 Å². The minimum Gasteiger partial charge on any atom is -0.379 e. The number of morpholine rings is 2. The van der Waals surface area contributed by atoms with Gasteiger partial charge in [-0.25, -0.2) is 0 Å². The Balaban J connectivity index is 1.86. The molecule has 3 aliphatic heterocycles. The summed E-state index contributed by atoms with van der Waals surface area (Å²) >= 11 is 0. The van der Waals surface area contributed by atoms with Crippen molar-refractivity contribution in [2.24, 2.45) is 11.8 Å². The summed E-state index contributed by atoms with van der Waals surface area (Å²) in [5, 5.41) is 2.63. The second kappa shape index (κ2) is 7.91. The number of carbonyl (C=O) groups excluding carboxylic acids is 2. The van der Waals surface area contributed by atoms with E-state index in [1.165, 1.54) is 0 Å². The first-order chi connectivity index (χ1) is 11.6. The molecule has 3 aliphatic rings. The second-order valence-electron chi connectivity index (χ2n) is 7.33. The van der Waals surface area contributed by atoms with Gasteiger partial charge in [0.1, 0.15) is 0 Å². The van der Waals surface area contributed by atoms with E-state index in [0.717, 1.165) is 32.6 Å². The summed E-state index contributed by atoms with van der Waals surface area (Å²) in [6.45, 7) is 9.89. The lowest BCUT2D eigenvalue weighted by molar-refractivity contribution is -0.151. The minimum atomic E-state index is -0.248. The van der Waals surface area contributed by atoms with Gasteiger partial charge in [-0.2, -0.15) is 0 Å². The number of imide groups is 1. The highest BCUT2D eigenvalue weighted by Gasteiger charge is 2.48. The summed E-state index contributed by atoms with van der Waals surface area (Å²) in [5.74, 6) is 0.164. The molecule has 0 bridgehead atoms. The molecule has 7 nitrogen and oxygen atoms in total. The van der Waals surface area contributed by atoms with Gasteiger partial charge in [-0.1, -0.05) is 13.8 Å². The van der Waals surface area contributed by atoms with Crippen LogP contribution in [-0.2, 0) is 19.1 Å². The highest BCUT2D eigenvalue weighted by atomic mass is 16.5. The molecule has 2 unspecified atom stereocenters. The zero-order chi connectivity index (χ0) is 17.1. The Kier molecular flexibility index (Phi) is 5.86. The van der Waals surface area contributed by atoms with Crippen LogP contribution in [0.4, 0.5) is 0 Å². The molecule has 0 saturated carbocycles. The van der Waals surface area contributed by atoms with Gasteiger partial charge in [0, 0.05) is 32.1 Å². The number of carbonyl (C=O) groups is 2. The molecule has 24 heavy (non-hydrogen) atoms. The van der Waals surface area contributed by atoms with E-state index in [2.05, 4.69) is 29.0 Å². The summed E-state index contributed by atoms with van der Waals surface area (Å²) in [7, 11) is 0. The lowest BCUT2D eigenvalue weighted by Crippen LogP contribution is -2.68. The molecule has 3 heterocycles. The lowest BCUT2D eigenvalue weighted by atomic mass is 9.79. The zero-order valence-corrected chi connectivity index (χ0v) is 14.7. The van der Waals surface area contributed by atoms with E-state index in [0.29, 0.717) is 32.3 Å². The van der Waals surface area contributed by atoms with Crippen LogP contribution in [0, 0.1) is 11.8 Å². The SMILES string of the molecule is CC(C)CC1C(N2CCOCC2)C(=O)NC(=O)C1N1CCOCC1. The number of nitrogens with zero attached hydrogens (tertiary/aromatic N) is 2. The number of amides is 2. The normalized spacial score (nSPS) is 33.7. The maximum atomic E-state index is 12.7. The molecule has 2 amide bonds. The van der Waals surface area contributed by atoms with Gasteiger partial charge in [0.2, 0.25) is 11.8 Å². The van der Waals surface area contributed by atoms with Crippen molar-refractivity contribution in [1.82, 2.24) is 15.1 Å². The van der Waals surface area contributed by atoms with Gasteiger partial charge >= 0.3 is 0 Å². The van der Waals surface area contributed by atoms with Gasteiger partial charge in [-0.15, -0.1) is 0 Å². The van der Waals surface area contributed by atoms with Gasteiger partial charge in [-0.3, -0.25) is 24.7 Å². The van der Waals surface area contributed by atoms with E-state index >= 15 is 0 Å². The van der Waals surface area contributed by atoms with Crippen molar-refractivity contribution in [3.8, 4) is 0 Å². The zero-order valence-electron chi connectivity index (χ0n) is 14.7. The number of piperidine rings is 1. The van der Waals surface area contributed by atoms with E-state index in [1.807, 2.05) is 0 Å². The summed E-state index contributed by atoms with van der Waals surface area (Å²) in [6, 6.07) is -0.497. The van der Waals surface area contributed by atoms with E-state index in [-0.39, 0.29) is 29.8 Å². The molecule has 0 aromatic rings. The van der Waals surface area contributed by atoms with Crippen LogP contribution in [0.2, 0.25) is 0 Å². The van der Waals surface area contributed by atoms with Crippen LogP contribution in [0.5, 0.6) is 0 Å². The van der Waals surface area contributed by atoms with Gasteiger partial charge in [0.05, 0.1) is 38.5 Å². The average molecular weight is 339 g/mol. The first-order valence-electron chi connectivity index (χ1n) is 9.06. The summed E-state index contributed by atoms with van der Waals surface area (Å²) in [4.78, 5) is 29.7. The lowest BCUT2D eigenvalue weighted by Gasteiger charge is -2.47. The van der Waals surface area contributed by atoms with Gasteiger partial charge < -0.3 is 9.47 Å². The molecule has 7 heteroatoms. The van der Waals surface area contributed by atoms with Crippen LogP contribution < -0.4 is 5.32 Å². The fraction of sp³-hybridized carbons (Fsp3) is 0.882. The Morgan fingerprint density at radius 1 is 0.917 bits per heavy atom. The van der Waals surface area contributed by atoms with Crippen LogP contribution in [0.25, 0.3) is 0 Å². The van der Waals surface area contributed by atoms with Gasteiger partial charge in [0.25, 0.3) is 0 Å². The third-order valence-corrected chi connectivity index (χ3v) is 5.22. The van der Waals surface area contributed by atoms with Gasteiger partial charge in [-0.05, 0) is 12.3 Å². The molecular weight excluding hydrogens is 310 g/mol. The standard InChI is InChI=1S/C17H29N3O4/c1-12(2)11-13-14(19-3-7-23-8-4-19)16(21)18-17(22)15(13)20-5-9-24-10-6-20/h12-15H,3-11H2,1-2H3,(H,18,21,22). The molecule has 0 aliphatic carbocycles. The largest absolute Gasteiger partial charge is 0.379 e. The van der Waals surface area contributed by atoms with Crippen LogP contribution in [0.15, 0.2) is 0 Å². The Labute approximate surface area is 143 Å². The first kappa shape index (κ1) is 17.8. The first-order valence-corrected chi connectivity index (χ1v) is 9.06. The molecule has 1 N–H and O–H groups in total. The number of rotatable bonds is 4. The molecule has 3 fully saturated rings. The van der Waals surface area contributed by atoms with Crippen molar-refractivity contribution in [1.29, 1.82) is 0 Å². The van der Waals surface area contributed by atoms with E-state index in [1.54, 1.807) is 0 Å². The highest BCUT2D eigenvalue weighted by molar-refractivity contribution is 6.03. The second-order valence-corrected chi connectivity index (χ2v) is 7.33. The summed E-state index contributed by atoms with van der Waals surface area (Å²) in [5.41, 5.74) is 0. The van der Waals surface area contributed by atoms with Crippen LogP contribution in [0.1, 0.15) is 20.3 Å². The molecular formula is C17H29N3O4. The Hall–Kier alpha value is -1.02. The highest BCUT2D eigenvalue weighted by Crippen LogP contribution is 2.30. The molecule has 136 valence electrons. The van der Waals surface area contributed by atoms with Crippen LogP contribution in [-0.4, -0.2) is 86.3 Å². The maximum Gasteiger partial charge on any atom is 0.244 e. The monoisotopic (exact) mass is 339 g/mol. The van der Waals surface area contributed by atoms with E-state index in [9.17, 15) is 9.59 Å². The average Bonchev–Trinajstić information content (AvgIpc) is 2.56. The fourth-order valence-corrected chi connectivity index (χ4v) is 4.22. The topological polar surface area (TPSA) is 71.1 Å². The Morgan fingerprint density at radius 3 is 1.71 bits per heavy atom. The van der Waals surface area contributed by atoms with Gasteiger partial charge in [0.15, 0.2) is 0 Å². The predicted molar refractivity (Wildman–Crippen MR) is 88.5 cm³/mol. The predicted octanol–water partition coefficient (Wildman–Crippen LogP) is -0.293. The number of hydrogen-bond acceptors (Lipinski definition) is 6. The van der Waals surface area contributed by atoms with Crippen LogP contribution in [0.3, 0.4) is 0 Å². The molecule has 3 saturated heterocycles. The summed E-state index contributed by atoms with van der Waals surface area (Å²) < 4.78 is 10.9. The Bertz CT molecular complexity index is 423. The fourth-order valence-electron chi connectivity index (χ4n) is 4.22. The van der Waals surface area contributed by atoms with Crippen molar-refractivity contribution in [2.45, 2.75) is 32.4 Å². The summed E-state index contributed by atoms with van der Waals surface area (Å²) in [6.07, 6.45) is 0.864. The Morgan fingerprint density at radius 2 is 1.33 bits per heavy atom. The maximum absolute atomic E-state index is 12.7. The van der Waals surface area contributed by atoms with Crippen molar-refractivity contribution in [3.63, 3.8) is 0 Å². The number of nitrogens with one attached hydrogen (secondary N) is 1.